The third kappa shape index (κ3) is 4.05. The summed E-state index contributed by atoms with van der Waals surface area (Å²) in [6.07, 6.45) is -0.910. The maximum absolute atomic E-state index is 11.9. The Bertz CT molecular complexity index is 650. The van der Waals surface area contributed by atoms with Gasteiger partial charge in [-0.3, -0.25) is 4.79 Å². The van der Waals surface area contributed by atoms with Crippen LogP contribution in [0.25, 0.3) is 0 Å². The number of hydrogen-bond donors (Lipinski definition) is 0. The normalized spacial score (nSPS) is 12.8. The largest absolute Gasteiger partial charge is 0.449 e. The number of carbonyl (C=O) groups is 2. The summed E-state index contributed by atoms with van der Waals surface area (Å²) < 4.78 is 30.0. The third-order valence-electron chi connectivity index (χ3n) is 2.94. The van der Waals surface area contributed by atoms with Crippen molar-refractivity contribution in [3.8, 4) is 0 Å². The van der Waals surface area contributed by atoms with Gasteiger partial charge in [-0.25, -0.2) is 17.5 Å². The highest BCUT2D eigenvalue weighted by atomic mass is 32.2. The Labute approximate surface area is 130 Å². The van der Waals surface area contributed by atoms with Crippen molar-refractivity contribution in [3.05, 3.63) is 29.8 Å². The highest BCUT2D eigenvalue weighted by molar-refractivity contribution is 7.89. The van der Waals surface area contributed by atoms with Crippen LogP contribution in [0.4, 0.5) is 0 Å². The predicted octanol–water partition coefficient (Wildman–Crippen LogP) is 0.570. The summed E-state index contributed by atoms with van der Waals surface area (Å²) in [6, 6.07) is 5.35. The molecule has 0 heterocycles. The van der Waals surface area contributed by atoms with Gasteiger partial charge in [0.05, 0.1) is 10.5 Å². The van der Waals surface area contributed by atoms with E-state index in [-0.39, 0.29) is 16.4 Å². The molecule has 0 saturated carbocycles. The van der Waals surface area contributed by atoms with E-state index < -0.39 is 22.1 Å². The second kappa shape index (κ2) is 6.89. The van der Waals surface area contributed by atoms with Crippen LogP contribution in [0.15, 0.2) is 29.2 Å². The van der Waals surface area contributed by atoms with Crippen molar-refractivity contribution in [2.75, 3.05) is 28.2 Å². The molecule has 1 aromatic rings. The van der Waals surface area contributed by atoms with Gasteiger partial charge < -0.3 is 9.64 Å². The zero-order valence-corrected chi connectivity index (χ0v) is 14.0. The molecule has 122 valence electrons. The summed E-state index contributed by atoms with van der Waals surface area (Å²) in [7, 11) is 2.42. The van der Waals surface area contributed by atoms with E-state index in [4.69, 9.17) is 4.74 Å². The summed E-state index contributed by atoms with van der Waals surface area (Å²) >= 11 is 0. The average Bonchev–Trinajstić information content (AvgIpc) is 2.46. The molecular weight excluding hydrogens is 308 g/mol. The Morgan fingerprint density at radius 1 is 1.05 bits per heavy atom. The van der Waals surface area contributed by atoms with Crippen molar-refractivity contribution >= 4 is 21.9 Å². The number of likely N-dealkylation sites (N-methyl/N-ethyl adjacent to an activating group) is 1. The first-order valence-electron chi connectivity index (χ1n) is 6.52. The monoisotopic (exact) mass is 328 g/mol. The Morgan fingerprint density at radius 3 is 1.95 bits per heavy atom. The lowest BCUT2D eigenvalue weighted by molar-refractivity contribution is -0.137. The van der Waals surface area contributed by atoms with Gasteiger partial charge in [-0.15, -0.1) is 0 Å². The number of ether oxygens (including phenoxy) is 1. The van der Waals surface area contributed by atoms with Crippen LogP contribution in [-0.4, -0.2) is 63.8 Å². The summed E-state index contributed by atoms with van der Waals surface area (Å²) in [5.74, 6) is -1.02. The Balaban J connectivity index is 2.88. The summed E-state index contributed by atoms with van der Waals surface area (Å²) in [5, 5.41) is 0. The van der Waals surface area contributed by atoms with Crippen LogP contribution in [0.1, 0.15) is 17.3 Å². The number of hydrogen-bond acceptors (Lipinski definition) is 5. The van der Waals surface area contributed by atoms with Crippen LogP contribution in [0.3, 0.4) is 0 Å². The van der Waals surface area contributed by atoms with Gasteiger partial charge in [0.1, 0.15) is 0 Å². The van der Waals surface area contributed by atoms with E-state index in [2.05, 4.69) is 0 Å². The molecule has 1 rings (SSSR count). The lowest BCUT2D eigenvalue weighted by Gasteiger charge is -2.17. The van der Waals surface area contributed by atoms with Gasteiger partial charge in [0.25, 0.3) is 5.91 Å². The average molecular weight is 328 g/mol. The molecule has 7 nitrogen and oxygen atoms in total. The van der Waals surface area contributed by atoms with Crippen LogP contribution in [-0.2, 0) is 19.6 Å². The lowest BCUT2D eigenvalue weighted by atomic mass is 10.2. The number of benzene rings is 1. The van der Waals surface area contributed by atoms with Crippen molar-refractivity contribution in [1.29, 1.82) is 0 Å². The van der Waals surface area contributed by atoms with Crippen LogP contribution in [0, 0.1) is 0 Å². The standard InChI is InChI=1S/C14H20N2O5S/c1-10(13(17)15(2)3)21-14(18)11-6-8-12(9-7-11)22(19,20)16(4)5/h6-10H,1-5H3/t10-/m0/s1. The third-order valence-corrected chi connectivity index (χ3v) is 4.77. The van der Waals surface area contributed by atoms with Crippen molar-refractivity contribution in [1.82, 2.24) is 9.21 Å². The molecule has 8 heteroatoms. The maximum Gasteiger partial charge on any atom is 0.338 e. The van der Waals surface area contributed by atoms with E-state index in [1.165, 1.54) is 50.2 Å². The number of sulfonamides is 1. The van der Waals surface area contributed by atoms with Gasteiger partial charge in [-0.1, -0.05) is 0 Å². The lowest BCUT2D eigenvalue weighted by Crippen LogP contribution is -2.34. The van der Waals surface area contributed by atoms with Crippen molar-refractivity contribution in [3.63, 3.8) is 0 Å². The highest BCUT2D eigenvalue weighted by Gasteiger charge is 2.21. The fraction of sp³-hybridized carbons (Fsp3) is 0.429. The quantitative estimate of drug-likeness (QED) is 0.738. The molecule has 22 heavy (non-hydrogen) atoms. The number of esters is 1. The second-order valence-corrected chi connectivity index (χ2v) is 7.24. The van der Waals surface area contributed by atoms with Gasteiger partial charge in [0.2, 0.25) is 10.0 Å². The van der Waals surface area contributed by atoms with E-state index >= 15 is 0 Å². The number of nitrogens with zero attached hydrogens (tertiary/aromatic N) is 2. The van der Waals surface area contributed by atoms with Gasteiger partial charge in [0.15, 0.2) is 6.10 Å². The summed E-state index contributed by atoms with van der Waals surface area (Å²) in [4.78, 5) is 25.0. The number of amides is 1. The van der Waals surface area contributed by atoms with Crippen LogP contribution < -0.4 is 0 Å². The Hall–Kier alpha value is -1.93. The van der Waals surface area contributed by atoms with E-state index in [0.29, 0.717) is 0 Å². The minimum Gasteiger partial charge on any atom is -0.449 e. The molecule has 1 aromatic carbocycles. The highest BCUT2D eigenvalue weighted by Crippen LogP contribution is 2.15. The molecule has 0 radical (unpaired) electrons. The molecule has 0 saturated heterocycles. The molecule has 0 fully saturated rings. The van der Waals surface area contributed by atoms with Crippen LogP contribution >= 0.6 is 0 Å². The van der Waals surface area contributed by atoms with E-state index in [9.17, 15) is 18.0 Å². The van der Waals surface area contributed by atoms with Crippen molar-refractivity contribution in [2.24, 2.45) is 0 Å². The first-order chi connectivity index (χ1) is 10.1. The minimum atomic E-state index is -3.55. The second-order valence-electron chi connectivity index (χ2n) is 5.09. The van der Waals surface area contributed by atoms with E-state index in [1.807, 2.05) is 0 Å². The first kappa shape index (κ1) is 18.1. The molecule has 0 aliphatic rings. The predicted molar refractivity (Wildman–Crippen MR) is 80.9 cm³/mol. The summed E-state index contributed by atoms with van der Waals surface area (Å²) in [6.45, 7) is 1.48. The first-order valence-corrected chi connectivity index (χ1v) is 7.96. The van der Waals surface area contributed by atoms with Gasteiger partial charge in [0, 0.05) is 28.2 Å². The van der Waals surface area contributed by atoms with Crippen LogP contribution in [0.2, 0.25) is 0 Å². The molecule has 1 atom stereocenters. The topological polar surface area (TPSA) is 84.0 Å². The number of rotatable bonds is 5. The minimum absolute atomic E-state index is 0.0754. The Kier molecular flexibility index (Phi) is 5.67. The fourth-order valence-electron chi connectivity index (χ4n) is 1.62. The number of carbonyl (C=O) groups excluding carboxylic acids is 2. The molecule has 1 amide bonds. The SMILES string of the molecule is C[C@H](OC(=O)c1ccc(S(=O)(=O)N(C)C)cc1)C(=O)N(C)C. The van der Waals surface area contributed by atoms with Gasteiger partial charge >= 0.3 is 5.97 Å². The molecule has 0 unspecified atom stereocenters. The molecule has 0 aliphatic carbocycles. The van der Waals surface area contributed by atoms with E-state index in [0.717, 1.165) is 4.31 Å². The van der Waals surface area contributed by atoms with Gasteiger partial charge in [-0.2, -0.15) is 0 Å². The van der Waals surface area contributed by atoms with Crippen LogP contribution in [0.5, 0.6) is 0 Å². The molecule has 0 aromatic heterocycles. The van der Waals surface area contributed by atoms with E-state index in [1.54, 1.807) is 14.1 Å². The summed E-state index contributed by atoms with van der Waals surface area (Å²) in [5.41, 5.74) is 0.177. The smallest absolute Gasteiger partial charge is 0.338 e. The zero-order chi connectivity index (χ0) is 17.1. The maximum atomic E-state index is 11.9. The molecule has 0 N–H and O–H groups in total. The fourth-order valence-corrected chi connectivity index (χ4v) is 2.52. The van der Waals surface area contributed by atoms with Crippen molar-refractivity contribution < 1.29 is 22.7 Å². The van der Waals surface area contributed by atoms with Crippen molar-refractivity contribution in [2.45, 2.75) is 17.9 Å². The van der Waals surface area contributed by atoms with Gasteiger partial charge in [-0.05, 0) is 31.2 Å². The Morgan fingerprint density at radius 2 is 1.55 bits per heavy atom. The molecular formula is C14H20N2O5S. The zero-order valence-electron chi connectivity index (χ0n) is 13.2. The molecule has 0 aliphatic heterocycles. The molecule has 0 spiro atoms. The molecule has 0 bridgehead atoms.